The summed E-state index contributed by atoms with van der Waals surface area (Å²) in [6.07, 6.45) is 4.23. The number of hydrogen-bond acceptors (Lipinski definition) is 2. The van der Waals surface area contributed by atoms with Crippen molar-refractivity contribution in [3.8, 4) is 5.75 Å². The van der Waals surface area contributed by atoms with Crippen molar-refractivity contribution < 1.29 is 9.53 Å². The first-order valence-electron chi connectivity index (χ1n) is 7.69. The van der Waals surface area contributed by atoms with Gasteiger partial charge >= 0.3 is 0 Å². The van der Waals surface area contributed by atoms with Crippen LogP contribution in [0.2, 0.25) is 0 Å². The molecule has 0 N–H and O–H groups in total. The van der Waals surface area contributed by atoms with Crippen molar-refractivity contribution in [3.05, 3.63) is 23.3 Å². The maximum Gasteiger partial charge on any atom is 0.230 e. The lowest BCUT2D eigenvalue weighted by molar-refractivity contribution is -0.119. The first-order chi connectivity index (χ1) is 9.70. The van der Waals surface area contributed by atoms with Gasteiger partial charge in [0.1, 0.15) is 5.75 Å². The average Bonchev–Trinajstić information content (AvgIpc) is 3.32. The molecule has 3 nitrogen and oxygen atoms in total. The van der Waals surface area contributed by atoms with Gasteiger partial charge in [-0.25, -0.2) is 0 Å². The smallest absolute Gasteiger partial charge is 0.230 e. The first-order valence-corrected chi connectivity index (χ1v) is 7.69. The summed E-state index contributed by atoms with van der Waals surface area (Å²) in [5, 5.41) is 0. The molecule has 1 aliphatic carbocycles. The Morgan fingerprint density at radius 2 is 2.00 bits per heavy atom. The molecule has 1 amide bonds. The minimum atomic E-state index is 0.290. The van der Waals surface area contributed by atoms with E-state index in [4.69, 9.17) is 4.74 Å². The van der Waals surface area contributed by atoms with E-state index in [0.717, 1.165) is 49.2 Å². The topological polar surface area (TPSA) is 29.5 Å². The lowest BCUT2D eigenvalue weighted by Gasteiger charge is -2.30. The average molecular weight is 275 g/mol. The van der Waals surface area contributed by atoms with Gasteiger partial charge in [-0.1, -0.05) is 13.8 Å². The molecular weight excluding hydrogens is 250 g/mol. The fourth-order valence-corrected chi connectivity index (χ4v) is 2.71. The molecule has 3 rings (SSSR count). The van der Waals surface area contributed by atoms with Crippen LogP contribution in [-0.4, -0.2) is 19.6 Å². The number of methoxy groups -OCH3 is 1. The molecule has 1 aromatic rings. The van der Waals surface area contributed by atoms with Crippen LogP contribution in [0.4, 0.5) is 5.69 Å². The molecule has 0 aromatic heterocycles. The van der Waals surface area contributed by atoms with Crippen LogP contribution in [0.15, 0.2) is 12.1 Å². The van der Waals surface area contributed by atoms with E-state index in [1.165, 1.54) is 5.56 Å². The van der Waals surface area contributed by atoms with Crippen LogP contribution < -0.4 is 9.64 Å². The quantitative estimate of drug-likeness (QED) is 0.823. The van der Waals surface area contributed by atoms with E-state index >= 15 is 0 Å². The monoisotopic (exact) mass is 275 g/mol. The van der Waals surface area contributed by atoms with Crippen molar-refractivity contribution in [2.45, 2.75) is 46.5 Å². The molecule has 0 atom stereocenters. The summed E-state index contributed by atoms with van der Waals surface area (Å²) in [4.78, 5) is 14.3. The fourth-order valence-electron chi connectivity index (χ4n) is 2.71. The summed E-state index contributed by atoms with van der Waals surface area (Å²) in [7, 11) is 1.70. The highest BCUT2D eigenvalue weighted by atomic mass is 16.5. The van der Waals surface area contributed by atoms with E-state index in [0.29, 0.717) is 11.8 Å². The number of hydrogen-bond donors (Lipinski definition) is 0. The normalized spacial score (nSPS) is 16.9. The molecule has 2 aliphatic rings. The third-order valence-corrected chi connectivity index (χ3v) is 3.91. The van der Waals surface area contributed by atoms with E-state index in [2.05, 4.69) is 12.1 Å². The highest BCUT2D eigenvalue weighted by Gasteiger charge is 2.35. The molecule has 1 fully saturated rings. The van der Waals surface area contributed by atoms with Gasteiger partial charge in [0.25, 0.3) is 0 Å². The molecule has 1 aliphatic heterocycles. The van der Waals surface area contributed by atoms with Crippen LogP contribution in [0.5, 0.6) is 5.75 Å². The second kappa shape index (κ2) is 6.29. The van der Waals surface area contributed by atoms with E-state index < -0.39 is 0 Å². The zero-order chi connectivity index (χ0) is 14.7. The molecule has 20 heavy (non-hydrogen) atoms. The molecule has 1 heterocycles. The highest BCUT2D eigenvalue weighted by Crippen LogP contribution is 2.38. The number of carbonyl (C=O) groups is 1. The van der Waals surface area contributed by atoms with E-state index in [9.17, 15) is 4.79 Å². The molecule has 0 spiro atoms. The maximum absolute atomic E-state index is 12.3. The highest BCUT2D eigenvalue weighted by molar-refractivity contribution is 5.97. The zero-order valence-corrected chi connectivity index (χ0v) is 13.0. The number of amides is 1. The van der Waals surface area contributed by atoms with Crippen LogP contribution in [0.1, 0.15) is 44.2 Å². The van der Waals surface area contributed by atoms with E-state index in [1.54, 1.807) is 7.11 Å². The van der Waals surface area contributed by atoms with Crippen LogP contribution >= 0.6 is 0 Å². The van der Waals surface area contributed by atoms with Crippen molar-refractivity contribution in [1.82, 2.24) is 0 Å². The van der Waals surface area contributed by atoms with Crippen LogP contribution in [0.25, 0.3) is 0 Å². The molecular formula is C17H25NO2. The molecule has 0 bridgehead atoms. The van der Waals surface area contributed by atoms with Gasteiger partial charge in [0.15, 0.2) is 0 Å². The third-order valence-electron chi connectivity index (χ3n) is 3.91. The summed E-state index contributed by atoms with van der Waals surface area (Å²) in [6, 6.07) is 4.20. The minimum Gasteiger partial charge on any atom is -0.496 e. The molecule has 1 aromatic carbocycles. The molecule has 3 heteroatoms. The summed E-state index contributed by atoms with van der Waals surface area (Å²) in [5.74, 6) is 1.54. The van der Waals surface area contributed by atoms with Crippen molar-refractivity contribution in [2.24, 2.45) is 5.92 Å². The summed E-state index contributed by atoms with van der Waals surface area (Å²) in [5.41, 5.74) is 3.46. The van der Waals surface area contributed by atoms with Crippen LogP contribution in [-0.2, 0) is 11.2 Å². The zero-order valence-electron chi connectivity index (χ0n) is 13.0. The third kappa shape index (κ3) is 2.82. The summed E-state index contributed by atoms with van der Waals surface area (Å²) in [6.45, 7) is 6.90. The SMILES string of the molecule is CC.COc1cc2c(cc1C)N(C(=O)C1CC1)CCC2. The van der Waals surface area contributed by atoms with Crippen LogP contribution in [0, 0.1) is 12.8 Å². The standard InChI is InChI=1S/C15H19NO2.C2H6/c1-10-8-13-12(9-14(10)18-2)4-3-7-16(13)15(17)11-5-6-11;1-2/h8-9,11H,3-7H2,1-2H3;1-2H3. The number of aryl methyl sites for hydroxylation is 2. The summed E-state index contributed by atoms with van der Waals surface area (Å²) < 4.78 is 5.36. The molecule has 0 unspecified atom stereocenters. The predicted octanol–water partition coefficient (Wildman–Crippen LogP) is 3.72. The Hall–Kier alpha value is -1.51. The van der Waals surface area contributed by atoms with E-state index in [1.807, 2.05) is 25.7 Å². The van der Waals surface area contributed by atoms with Crippen molar-refractivity contribution in [1.29, 1.82) is 0 Å². The Morgan fingerprint density at radius 1 is 1.30 bits per heavy atom. The van der Waals surface area contributed by atoms with Gasteiger partial charge < -0.3 is 9.64 Å². The maximum atomic E-state index is 12.3. The Kier molecular flexibility index (Phi) is 4.69. The number of ether oxygens (including phenoxy) is 1. The Morgan fingerprint density at radius 3 is 2.60 bits per heavy atom. The van der Waals surface area contributed by atoms with Gasteiger partial charge in [-0.3, -0.25) is 4.79 Å². The molecule has 110 valence electrons. The van der Waals surface area contributed by atoms with Crippen molar-refractivity contribution >= 4 is 11.6 Å². The van der Waals surface area contributed by atoms with Gasteiger partial charge in [0.2, 0.25) is 5.91 Å². The van der Waals surface area contributed by atoms with Crippen molar-refractivity contribution in [3.63, 3.8) is 0 Å². The molecule has 0 radical (unpaired) electrons. The molecule has 0 saturated heterocycles. The number of rotatable bonds is 2. The number of carbonyl (C=O) groups excluding carboxylic acids is 1. The second-order valence-corrected chi connectivity index (χ2v) is 5.32. The Balaban J connectivity index is 0.000000704. The van der Waals surface area contributed by atoms with Gasteiger partial charge in [0.05, 0.1) is 7.11 Å². The molecule has 1 saturated carbocycles. The second-order valence-electron chi connectivity index (χ2n) is 5.32. The Bertz CT molecular complexity index is 492. The predicted molar refractivity (Wildman–Crippen MR) is 82.5 cm³/mol. The Labute approximate surface area is 121 Å². The first kappa shape index (κ1) is 14.9. The fraction of sp³-hybridized carbons (Fsp3) is 0.588. The number of benzene rings is 1. The minimum absolute atomic E-state index is 0.290. The van der Waals surface area contributed by atoms with E-state index in [-0.39, 0.29) is 0 Å². The number of nitrogens with zero attached hydrogens (tertiary/aromatic N) is 1. The van der Waals surface area contributed by atoms with Gasteiger partial charge in [-0.05, 0) is 55.9 Å². The number of fused-ring (bicyclic) bond motifs is 1. The van der Waals surface area contributed by atoms with Gasteiger partial charge in [-0.2, -0.15) is 0 Å². The lowest BCUT2D eigenvalue weighted by atomic mass is 9.98. The van der Waals surface area contributed by atoms with Crippen molar-refractivity contribution in [2.75, 3.05) is 18.6 Å². The largest absolute Gasteiger partial charge is 0.496 e. The number of anilines is 1. The van der Waals surface area contributed by atoms with Gasteiger partial charge in [-0.15, -0.1) is 0 Å². The van der Waals surface area contributed by atoms with Gasteiger partial charge in [0, 0.05) is 18.2 Å². The summed E-state index contributed by atoms with van der Waals surface area (Å²) >= 11 is 0. The lowest BCUT2D eigenvalue weighted by Crippen LogP contribution is -2.36. The van der Waals surface area contributed by atoms with Crippen LogP contribution in [0.3, 0.4) is 0 Å².